The number of carbonyl (C=O) groups excluding carboxylic acids is 1. The summed E-state index contributed by atoms with van der Waals surface area (Å²) in [6, 6.07) is 5.46. The molecule has 2 rings (SSSR count). The topological polar surface area (TPSA) is 69.7 Å². The van der Waals surface area contributed by atoms with Gasteiger partial charge in [0.05, 0.1) is 5.02 Å². The first-order chi connectivity index (χ1) is 11.7. The molecule has 1 aromatic rings. The maximum atomic E-state index is 12.9. The van der Waals surface area contributed by atoms with Crippen molar-refractivity contribution in [1.82, 2.24) is 14.5 Å². The summed E-state index contributed by atoms with van der Waals surface area (Å²) in [4.78, 5) is 16.8. The second kappa shape index (κ2) is 8.49. The van der Waals surface area contributed by atoms with E-state index in [1.54, 1.807) is 17.0 Å². The summed E-state index contributed by atoms with van der Waals surface area (Å²) >= 11 is 6.02. The Labute approximate surface area is 155 Å². The second-order valence-corrected chi connectivity index (χ2v) is 8.95. The third kappa shape index (κ3) is 5.41. The van der Waals surface area contributed by atoms with Crippen molar-refractivity contribution in [2.24, 2.45) is 5.92 Å². The van der Waals surface area contributed by atoms with Crippen molar-refractivity contribution in [1.29, 1.82) is 0 Å². The van der Waals surface area contributed by atoms with Crippen LogP contribution in [0.2, 0.25) is 5.02 Å². The molecular formula is C17H26ClN3O3S. The largest absolute Gasteiger partial charge is 0.339 e. The molecule has 1 fully saturated rings. The van der Waals surface area contributed by atoms with Gasteiger partial charge in [0.2, 0.25) is 15.9 Å². The van der Waals surface area contributed by atoms with Crippen molar-refractivity contribution in [3.05, 3.63) is 29.3 Å². The van der Waals surface area contributed by atoms with Gasteiger partial charge in [0.15, 0.2) is 0 Å². The van der Waals surface area contributed by atoms with Crippen molar-refractivity contribution < 1.29 is 13.2 Å². The predicted octanol–water partition coefficient (Wildman–Crippen LogP) is 1.81. The molecule has 1 aliphatic rings. The first kappa shape index (κ1) is 20.2. The number of hydrogen-bond donors (Lipinski definition) is 1. The average Bonchev–Trinajstić information content (AvgIpc) is 2.54. The fourth-order valence-corrected chi connectivity index (χ4v) is 4.55. The molecule has 140 valence electrons. The maximum Gasteiger partial charge on any atom is 0.242 e. The Hall–Kier alpha value is -1.15. The lowest BCUT2D eigenvalue weighted by atomic mass is 10.0. The van der Waals surface area contributed by atoms with E-state index in [-0.39, 0.29) is 21.7 Å². The molecule has 8 heteroatoms. The number of carbonyl (C=O) groups is 1. The first-order valence-corrected chi connectivity index (χ1v) is 10.3. The molecule has 0 saturated carbocycles. The third-order valence-electron chi connectivity index (χ3n) is 4.24. The highest BCUT2D eigenvalue weighted by Gasteiger charge is 2.31. The fraction of sp³-hybridized carbons (Fsp3) is 0.588. The number of sulfonamides is 1. The van der Waals surface area contributed by atoms with Crippen LogP contribution in [0.15, 0.2) is 29.2 Å². The minimum absolute atomic E-state index is 0.00315. The lowest BCUT2D eigenvalue weighted by Crippen LogP contribution is -2.54. The lowest BCUT2D eigenvalue weighted by molar-refractivity contribution is -0.135. The number of nitrogens with zero attached hydrogens (tertiary/aromatic N) is 2. The summed E-state index contributed by atoms with van der Waals surface area (Å²) in [5.74, 6) is 0.00721. The van der Waals surface area contributed by atoms with Crippen LogP contribution in [0.5, 0.6) is 0 Å². The SMILES string of the molecule is CC(C)C[C@@H](NS(=O)(=O)c1ccccc1Cl)C(=O)N1CCN(C)CC1. The van der Waals surface area contributed by atoms with Gasteiger partial charge in [0, 0.05) is 26.2 Å². The summed E-state index contributed by atoms with van der Waals surface area (Å²) < 4.78 is 28.0. The van der Waals surface area contributed by atoms with E-state index in [2.05, 4.69) is 9.62 Å². The van der Waals surface area contributed by atoms with E-state index >= 15 is 0 Å². The van der Waals surface area contributed by atoms with Crippen LogP contribution in [0.25, 0.3) is 0 Å². The Morgan fingerprint density at radius 3 is 2.36 bits per heavy atom. The second-order valence-electron chi connectivity index (χ2n) is 6.86. The number of likely N-dealkylation sites (N-methyl/N-ethyl adjacent to an activating group) is 1. The normalized spacial score (nSPS) is 17.7. The highest BCUT2D eigenvalue weighted by atomic mass is 35.5. The standard InChI is InChI=1S/C17H26ClN3O3S/c1-13(2)12-15(17(22)21-10-8-20(3)9-11-21)19-25(23,24)16-7-5-4-6-14(16)18/h4-7,13,15,19H,8-12H2,1-3H3/t15-/m1/s1. The lowest BCUT2D eigenvalue weighted by Gasteiger charge is -2.35. The highest BCUT2D eigenvalue weighted by molar-refractivity contribution is 7.89. The van der Waals surface area contributed by atoms with Crippen LogP contribution < -0.4 is 4.72 Å². The number of nitrogens with one attached hydrogen (secondary N) is 1. The molecule has 1 amide bonds. The molecule has 0 unspecified atom stereocenters. The molecule has 0 aromatic heterocycles. The molecule has 1 saturated heterocycles. The first-order valence-electron chi connectivity index (χ1n) is 8.45. The van der Waals surface area contributed by atoms with E-state index in [0.717, 1.165) is 13.1 Å². The van der Waals surface area contributed by atoms with Crippen molar-refractivity contribution >= 4 is 27.5 Å². The van der Waals surface area contributed by atoms with Crippen LogP contribution in [-0.2, 0) is 14.8 Å². The van der Waals surface area contributed by atoms with Gasteiger partial charge in [0.1, 0.15) is 10.9 Å². The molecule has 1 N–H and O–H groups in total. The van der Waals surface area contributed by atoms with Crippen LogP contribution in [0.4, 0.5) is 0 Å². The quantitative estimate of drug-likeness (QED) is 0.808. The Balaban J connectivity index is 2.20. The van der Waals surface area contributed by atoms with Crippen molar-refractivity contribution in [3.8, 4) is 0 Å². The molecular weight excluding hydrogens is 362 g/mol. The monoisotopic (exact) mass is 387 g/mol. The van der Waals surface area contributed by atoms with Crippen LogP contribution in [-0.4, -0.2) is 63.4 Å². The summed E-state index contributed by atoms with van der Waals surface area (Å²) in [5, 5.41) is 0.144. The van der Waals surface area contributed by atoms with E-state index < -0.39 is 16.1 Å². The fourth-order valence-electron chi connectivity index (χ4n) is 2.83. The van der Waals surface area contributed by atoms with Crippen molar-refractivity contribution in [2.75, 3.05) is 33.2 Å². The Morgan fingerprint density at radius 2 is 1.80 bits per heavy atom. The number of amides is 1. The third-order valence-corrected chi connectivity index (χ3v) is 6.22. The maximum absolute atomic E-state index is 12.9. The summed E-state index contributed by atoms with van der Waals surface area (Å²) in [5.41, 5.74) is 0. The van der Waals surface area contributed by atoms with Gasteiger partial charge in [-0.15, -0.1) is 0 Å². The minimum atomic E-state index is -3.87. The molecule has 1 aromatic carbocycles. The van der Waals surface area contributed by atoms with Crippen LogP contribution in [0.1, 0.15) is 20.3 Å². The van der Waals surface area contributed by atoms with Gasteiger partial charge in [-0.2, -0.15) is 4.72 Å². The van der Waals surface area contributed by atoms with E-state index in [0.29, 0.717) is 19.5 Å². The van der Waals surface area contributed by atoms with Gasteiger partial charge in [-0.1, -0.05) is 37.6 Å². The zero-order valence-electron chi connectivity index (χ0n) is 14.9. The van der Waals surface area contributed by atoms with Gasteiger partial charge in [-0.25, -0.2) is 8.42 Å². The van der Waals surface area contributed by atoms with Crippen LogP contribution in [0, 0.1) is 5.92 Å². The molecule has 25 heavy (non-hydrogen) atoms. The molecule has 0 spiro atoms. The van der Waals surface area contributed by atoms with Gasteiger partial charge >= 0.3 is 0 Å². The van der Waals surface area contributed by atoms with Gasteiger partial charge in [0.25, 0.3) is 0 Å². The van der Waals surface area contributed by atoms with Gasteiger partial charge in [-0.05, 0) is 31.5 Å². The zero-order chi connectivity index (χ0) is 18.6. The molecule has 0 aliphatic carbocycles. The van der Waals surface area contributed by atoms with Gasteiger partial charge in [-0.3, -0.25) is 4.79 Å². The minimum Gasteiger partial charge on any atom is -0.339 e. The molecule has 0 radical (unpaired) electrons. The molecule has 1 atom stereocenters. The van der Waals surface area contributed by atoms with E-state index in [4.69, 9.17) is 11.6 Å². The Kier molecular flexibility index (Phi) is 6.85. The van der Waals surface area contributed by atoms with E-state index in [1.165, 1.54) is 12.1 Å². The van der Waals surface area contributed by atoms with E-state index in [1.807, 2.05) is 20.9 Å². The molecule has 1 heterocycles. The predicted molar refractivity (Wildman–Crippen MR) is 99.1 cm³/mol. The smallest absolute Gasteiger partial charge is 0.242 e. The number of benzene rings is 1. The average molecular weight is 388 g/mol. The number of hydrogen-bond acceptors (Lipinski definition) is 4. The highest BCUT2D eigenvalue weighted by Crippen LogP contribution is 2.21. The number of piperazine rings is 1. The number of rotatable bonds is 6. The number of halogens is 1. The summed E-state index contributed by atoms with van der Waals surface area (Å²) in [7, 11) is -1.86. The Morgan fingerprint density at radius 1 is 1.20 bits per heavy atom. The van der Waals surface area contributed by atoms with Crippen LogP contribution >= 0.6 is 11.6 Å². The summed E-state index contributed by atoms with van der Waals surface area (Å²) in [6.07, 6.45) is 0.439. The van der Waals surface area contributed by atoms with Gasteiger partial charge < -0.3 is 9.80 Å². The van der Waals surface area contributed by atoms with Crippen molar-refractivity contribution in [3.63, 3.8) is 0 Å². The summed E-state index contributed by atoms with van der Waals surface area (Å²) in [6.45, 7) is 6.73. The molecule has 6 nitrogen and oxygen atoms in total. The molecule has 1 aliphatic heterocycles. The van der Waals surface area contributed by atoms with Crippen LogP contribution in [0.3, 0.4) is 0 Å². The zero-order valence-corrected chi connectivity index (χ0v) is 16.5. The Bertz CT molecular complexity index is 701. The molecule has 0 bridgehead atoms. The van der Waals surface area contributed by atoms with E-state index in [9.17, 15) is 13.2 Å². The van der Waals surface area contributed by atoms with Crippen molar-refractivity contribution in [2.45, 2.75) is 31.2 Å².